The number of hydrogen-bond acceptors (Lipinski definition) is 4. The van der Waals surface area contributed by atoms with Crippen molar-refractivity contribution in [2.24, 2.45) is 5.92 Å². The molecule has 1 N–H and O–H groups in total. The zero-order valence-corrected chi connectivity index (χ0v) is 10.3. The summed E-state index contributed by atoms with van der Waals surface area (Å²) in [6, 6.07) is 4.93. The summed E-state index contributed by atoms with van der Waals surface area (Å²) in [5.41, 5.74) is 0.0616. The summed E-state index contributed by atoms with van der Waals surface area (Å²) in [7, 11) is 0. The van der Waals surface area contributed by atoms with Crippen LogP contribution in [0.4, 0.5) is 16.2 Å². The Kier molecular flexibility index (Phi) is 3.46. The van der Waals surface area contributed by atoms with Crippen LogP contribution in [0.25, 0.3) is 0 Å². The van der Waals surface area contributed by atoms with Crippen LogP contribution in [-0.4, -0.2) is 23.4 Å². The van der Waals surface area contributed by atoms with Crippen molar-refractivity contribution in [1.29, 1.82) is 0 Å². The van der Waals surface area contributed by atoms with Crippen molar-refractivity contribution in [3.8, 4) is 0 Å². The number of nitro benzene ring substituents is 1. The van der Waals surface area contributed by atoms with Crippen molar-refractivity contribution in [3.05, 3.63) is 34.4 Å². The standard InChI is InChI=1S/C12H13N3O4/c1-2-8-7-13-12(17)14(11(8)16)9-4-3-5-10(6-9)15(18)19/h3-6,8H,2,7H2,1H3,(H,13,17). The summed E-state index contributed by atoms with van der Waals surface area (Å²) >= 11 is 0. The fourth-order valence-corrected chi connectivity index (χ4v) is 1.97. The van der Waals surface area contributed by atoms with E-state index in [-0.39, 0.29) is 23.2 Å². The second-order valence-corrected chi connectivity index (χ2v) is 4.24. The number of anilines is 1. The molecule has 19 heavy (non-hydrogen) atoms. The van der Waals surface area contributed by atoms with Gasteiger partial charge in [-0.15, -0.1) is 0 Å². The topological polar surface area (TPSA) is 92.6 Å². The Morgan fingerprint density at radius 2 is 2.21 bits per heavy atom. The van der Waals surface area contributed by atoms with E-state index in [0.717, 1.165) is 4.90 Å². The third-order valence-corrected chi connectivity index (χ3v) is 3.06. The number of carbonyl (C=O) groups is 2. The Labute approximate surface area is 109 Å². The highest BCUT2D eigenvalue weighted by Gasteiger charge is 2.34. The molecule has 100 valence electrons. The minimum Gasteiger partial charge on any atom is -0.337 e. The quantitative estimate of drug-likeness (QED) is 0.663. The number of nitrogens with one attached hydrogen (secondary N) is 1. The molecule has 1 aliphatic rings. The van der Waals surface area contributed by atoms with Gasteiger partial charge in [0, 0.05) is 18.7 Å². The first-order valence-electron chi connectivity index (χ1n) is 5.91. The van der Waals surface area contributed by atoms with Crippen LogP contribution < -0.4 is 10.2 Å². The normalized spacial score (nSPS) is 19.2. The zero-order valence-electron chi connectivity index (χ0n) is 10.3. The highest BCUT2D eigenvalue weighted by atomic mass is 16.6. The molecular formula is C12H13N3O4. The molecule has 2 rings (SSSR count). The molecule has 0 radical (unpaired) electrons. The van der Waals surface area contributed by atoms with E-state index >= 15 is 0 Å². The van der Waals surface area contributed by atoms with Crippen molar-refractivity contribution < 1.29 is 14.5 Å². The molecular weight excluding hydrogens is 250 g/mol. The van der Waals surface area contributed by atoms with Crippen molar-refractivity contribution >= 4 is 23.3 Å². The van der Waals surface area contributed by atoms with E-state index in [0.29, 0.717) is 13.0 Å². The molecule has 0 spiro atoms. The van der Waals surface area contributed by atoms with Gasteiger partial charge >= 0.3 is 6.03 Å². The Hall–Kier alpha value is -2.44. The van der Waals surface area contributed by atoms with Gasteiger partial charge in [-0.2, -0.15) is 0 Å². The van der Waals surface area contributed by atoms with Crippen LogP contribution in [-0.2, 0) is 4.79 Å². The number of hydrogen-bond donors (Lipinski definition) is 1. The Morgan fingerprint density at radius 1 is 1.47 bits per heavy atom. The lowest BCUT2D eigenvalue weighted by molar-refractivity contribution is -0.384. The Bertz CT molecular complexity index is 544. The lowest BCUT2D eigenvalue weighted by atomic mass is 10.0. The van der Waals surface area contributed by atoms with Gasteiger partial charge in [-0.05, 0) is 12.5 Å². The minimum atomic E-state index is -0.562. The predicted molar refractivity (Wildman–Crippen MR) is 67.8 cm³/mol. The van der Waals surface area contributed by atoms with Crippen LogP contribution in [0.15, 0.2) is 24.3 Å². The number of benzene rings is 1. The smallest absolute Gasteiger partial charge is 0.328 e. The first-order valence-corrected chi connectivity index (χ1v) is 5.91. The first-order chi connectivity index (χ1) is 9.04. The SMILES string of the molecule is CCC1CNC(=O)N(c2cccc([N+](=O)[O-])c2)C1=O. The van der Waals surface area contributed by atoms with E-state index in [1.54, 1.807) is 0 Å². The van der Waals surface area contributed by atoms with Gasteiger partial charge in [0.25, 0.3) is 5.69 Å². The molecule has 7 nitrogen and oxygen atoms in total. The number of nitrogens with zero attached hydrogens (tertiary/aromatic N) is 2. The average Bonchev–Trinajstić information content (AvgIpc) is 2.39. The van der Waals surface area contributed by atoms with Crippen LogP contribution >= 0.6 is 0 Å². The number of amides is 3. The van der Waals surface area contributed by atoms with Gasteiger partial charge in [-0.3, -0.25) is 14.9 Å². The molecule has 1 aromatic carbocycles. The Balaban J connectivity index is 2.38. The molecule has 1 fully saturated rings. The lowest BCUT2D eigenvalue weighted by Crippen LogP contribution is -2.55. The lowest BCUT2D eigenvalue weighted by Gasteiger charge is -2.30. The van der Waals surface area contributed by atoms with Crippen LogP contribution in [0.1, 0.15) is 13.3 Å². The molecule has 1 atom stereocenters. The third kappa shape index (κ3) is 2.40. The van der Waals surface area contributed by atoms with Crippen molar-refractivity contribution in [2.45, 2.75) is 13.3 Å². The van der Waals surface area contributed by atoms with Gasteiger partial charge < -0.3 is 5.32 Å². The number of non-ortho nitro benzene ring substituents is 1. The molecule has 1 unspecified atom stereocenters. The number of nitro groups is 1. The molecule has 0 aromatic heterocycles. The monoisotopic (exact) mass is 263 g/mol. The number of carbonyl (C=O) groups excluding carboxylic acids is 2. The number of urea groups is 1. The molecule has 7 heteroatoms. The highest BCUT2D eigenvalue weighted by Crippen LogP contribution is 2.25. The summed E-state index contributed by atoms with van der Waals surface area (Å²) < 4.78 is 0. The third-order valence-electron chi connectivity index (χ3n) is 3.06. The summed E-state index contributed by atoms with van der Waals surface area (Å²) in [6.45, 7) is 2.16. The molecule has 0 bridgehead atoms. The predicted octanol–water partition coefficient (Wildman–Crippen LogP) is 1.68. The zero-order chi connectivity index (χ0) is 14.0. The van der Waals surface area contributed by atoms with E-state index in [2.05, 4.69) is 5.32 Å². The van der Waals surface area contributed by atoms with Gasteiger partial charge in [0.2, 0.25) is 5.91 Å². The minimum absolute atomic E-state index is 0.156. The molecule has 1 aromatic rings. The average molecular weight is 263 g/mol. The summed E-state index contributed by atoms with van der Waals surface area (Å²) in [4.78, 5) is 35.0. The van der Waals surface area contributed by atoms with Gasteiger partial charge in [-0.1, -0.05) is 13.0 Å². The van der Waals surface area contributed by atoms with Crippen LogP contribution in [0.5, 0.6) is 0 Å². The van der Waals surface area contributed by atoms with Crippen LogP contribution in [0.3, 0.4) is 0 Å². The van der Waals surface area contributed by atoms with Crippen molar-refractivity contribution in [3.63, 3.8) is 0 Å². The highest BCUT2D eigenvalue weighted by molar-refractivity contribution is 6.16. The summed E-state index contributed by atoms with van der Waals surface area (Å²) in [5, 5.41) is 13.3. The van der Waals surface area contributed by atoms with Crippen LogP contribution in [0, 0.1) is 16.0 Å². The Morgan fingerprint density at radius 3 is 2.84 bits per heavy atom. The van der Waals surface area contributed by atoms with E-state index in [4.69, 9.17) is 0 Å². The van der Waals surface area contributed by atoms with Crippen molar-refractivity contribution in [1.82, 2.24) is 5.32 Å². The fourth-order valence-electron chi connectivity index (χ4n) is 1.97. The van der Waals surface area contributed by atoms with Gasteiger partial charge in [0.15, 0.2) is 0 Å². The van der Waals surface area contributed by atoms with E-state index < -0.39 is 11.0 Å². The largest absolute Gasteiger partial charge is 0.337 e. The maximum absolute atomic E-state index is 12.1. The second kappa shape index (κ2) is 5.05. The van der Waals surface area contributed by atoms with E-state index in [1.165, 1.54) is 24.3 Å². The molecule has 0 aliphatic carbocycles. The number of rotatable bonds is 3. The molecule has 1 aliphatic heterocycles. The summed E-state index contributed by atoms with van der Waals surface area (Å²) in [6.07, 6.45) is 0.602. The fraction of sp³-hybridized carbons (Fsp3) is 0.333. The number of imide groups is 1. The molecule has 0 saturated carbocycles. The second-order valence-electron chi connectivity index (χ2n) is 4.24. The van der Waals surface area contributed by atoms with Gasteiger partial charge in [0.05, 0.1) is 16.5 Å². The molecule has 1 heterocycles. The molecule has 1 saturated heterocycles. The van der Waals surface area contributed by atoms with Crippen molar-refractivity contribution in [2.75, 3.05) is 11.4 Å². The van der Waals surface area contributed by atoms with Gasteiger partial charge in [-0.25, -0.2) is 9.69 Å². The summed E-state index contributed by atoms with van der Waals surface area (Å²) in [5.74, 6) is -0.622. The first kappa shape index (κ1) is 13.0. The molecule has 3 amide bonds. The van der Waals surface area contributed by atoms with E-state index in [1.807, 2.05) is 6.92 Å². The van der Waals surface area contributed by atoms with Gasteiger partial charge in [0.1, 0.15) is 0 Å². The van der Waals surface area contributed by atoms with Crippen LogP contribution in [0.2, 0.25) is 0 Å². The maximum Gasteiger partial charge on any atom is 0.328 e. The van der Waals surface area contributed by atoms with E-state index in [9.17, 15) is 19.7 Å². The maximum atomic E-state index is 12.1.